The highest BCUT2D eigenvalue weighted by Crippen LogP contribution is 2.34. The van der Waals surface area contributed by atoms with Crippen LogP contribution in [0.15, 0.2) is 54.0 Å². The number of nitriles is 1. The summed E-state index contributed by atoms with van der Waals surface area (Å²) < 4.78 is 16.9. The number of benzene rings is 2. The molecule has 0 amide bonds. The lowest BCUT2D eigenvalue weighted by Gasteiger charge is -2.27. The minimum Gasteiger partial charge on any atom is -0.493 e. The van der Waals surface area contributed by atoms with Gasteiger partial charge in [-0.15, -0.1) is 11.3 Å². The van der Waals surface area contributed by atoms with Crippen LogP contribution < -0.4 is 19.7 Å². The summed E-state index contributed by atoms with van der Waals surface area (Å²) in [5.74, 6) is 2.01. The van der Waals surface area contributed by atoms with Gasteiger partial charge in [-0.25, -0.2) is 4.98 Å². The van der Waals surface area contributed by atoms with Gasteiger partial charge in [0.2, 0.25) is 0 Å². The van der Waals surface area contributed by atoms with Crippen molar-refractivity contribution in [2.75, 3.05) is 43.6 Å². The van der Waals surface area contributed by atoms with Crippen LogP contribution in [-0.2, 0) is 11.3 Å². The number of morpholine rings is 1. The molecule has 172 valence electrons. The molecule has 9 heteroatoms. The predicted octanol–water partition coefficient (Wildman–Crippen LogP) is 4.73. The zero-order chi connectivity index (χ0) is 23.3. The molecule has 1 aliphatic heterocycles. The molecule has 0 bridgehead atoms. The van der Waals surface area contributed by atoms with Gasteiger partial charge < -0.3 is 24.4 Å². The van der Waals surface area contributed by atoms with Gasteiger partial charge in [0.1, 0.15) is 29.6 Å². The quantitative estimate of drug-likeness (QED) is 0.412. The van der Waals surface area contributed by atoms with Crippen LogP contribution in [0.1, 0.15) is 10.4 Å². The van der Waals surface area contributed by atoms with E-state index in [1.54, 1.807) is 24.6 Å². The first-order valence-electron chi connectivity index (χ1n) is 10.9. The Morgan fingerprint density at radius 2 is 2.06 bits per heavy atom. The molecule has 0 saturated carbocycles. The minimum absolute atomic E-state index is 0.442. The Morgan fingerprint density at radius 1 is 1.18 bits per heavy atom. The number of ether oxygens (including phenoxy) is 3. The highest BCUT2D eigenvalue weighted by molar-refractivity contribution is 7.09. The lowest BCUT2D eigenvalue weighted by molar-refractivity contribution is 0.122. The van der Waals surface area contributed by atoms with E-state index in [1.165, 1.54) is 0 Å². The highest BCUT2D eigenvalue weighted by atomic mass is 32.1. The third-order valence-electron chi connectivity index (χ3n) is 5.54. The van der Waals surface area contributed by atoms with Crippen LogP contribution in [0.2, 0.25) is 0 Å². The molecule has 8 nitrogen and oxygen atoms in total. The van der Waals surface area contributed by atoms with Crippen LogP contribution in [0.3, 0.4) is 0 Å². The van der Waals surface area contributed by atoms with E-state index >= 15 is 0 Å². The molecule has 5 rings (SSSR count). The molecule has 0 spiro atoms. The molecule has 34 heavy (non-hydrogen) atoms. The van der Waals surface area contributed by atoms with Crippen molar-refractivity contribution in [3.8, 4) is 17.6 Å². The lowest BCUT2D eigenvalue weighted by Crippen LogP contribution is -2.36. The van der Waals surface area contributed by atoms with E-state index in [0.29, 0.717) is 53.6 Å². The van der Waals surface area contributed by atoms with Gasteiger partial charge in [-0.2, -0.15) is 5.26 Å². The molecule has 1 aliphatic rings. The Labute approximate surface area is 201 Å². The van der Waals surface area contributed by atoms with Crippen molar-refractivity contribution in [3.63, 3.8) is 0 Å². The van der Waals surface area contributed by atoms with Gasteiger partial charge in [0.25, 0.3) is 0 Å². The molecule has 1 N–H and O–H groups in total. The zero-order valence-electron chi connectivity index (χ0n) is 18.7. The van der Waals surface area contributed by atoms with Crippen molar-refractivity contribution in [1.82, 2.24) is 9.97 Å². The number of anilines is 3. The monoisotopic (exact) mass is 473 g/mol. The Bertz CT molecular complexity index is 1330. The van der Waals surface area contributed by atoms with E-state index in [4.69, 9.17) is 19.2 Å². The van der Waals surface area contributed by atoms with E-state index in [-0.39, 0.29) is 0 Å². The van der Waals surface area contributed by atoms with Gasteiger partial charge in [-0.3, -0.25) is 4.98 Å². The van der Waals surface area contributed by atoms with Crippen LogP contribution in [-0.4, -0.2) is 43.4 Å². The van der Waals surface area contributed by atoms with E-state index < -0.39 is 0 Å². The number of nitrogens with one attached hydrogen (secondary N) is 1. The van der Waals surface area contributed by atoms with Crippen LogP contribution >= 0.6 is 11.3 Å². The van der Waals surface area contributed by atoms with Crippen molar-refractivity contribution < 1.29 is 14.2 Å². The third kappa shape index (κ3) is 4.59. The number of thiophene rings is 1. The average Bonchev–Trinajstić information content (AvgIpc) is 3.41. The second-order valence-corrected chi connectivity index (χ2v) is 8.69. The maximum atomic E-state index is 9.97. The number of fused-ring (bicyclic) bond motifs is 1. The van der Waals surface area contributed by atoms with Crippen molar-refractivity contribution in [2.24, 2.45) is 0 Å². The molecule has 0 unspecified atom stereocenters. The van der Waals surface area contributed by atoms with Crippen molar-refractivity contribution in [2.45, 2.75) is 6.61 Å². The largest absolute Gasteiger partial charge is 0.493 e. The normalized spacial score (nSPS) is 13.5. The van der Waals surface area contributed by atoms with Crippen LogP contribution in [0.4, 0.5) is 17.2 Å². The molecule has 4 aromatic rings. The number of hydrogen-bond acceptors (Lipinski definition) is 9. The SMILES string of the molecule is COc1cc(Nc2ccc3ncc(N4CCOCC4)nc3c2C#N)ccc1OCc1cccs1. The average molecular weight is 474 g/mol. The first-order valence-corrected chi connectivity index (χ1v) is 11.8. The van der Waals surface area contributed by atoms with Crippen LogP contribution in [0.5, 0.6) is 11.5 Å². The van der Waals surface area contributed by atoms with Crippen LogP contribution in [0.25, 0.3) is 11.0 Å². The fourth-order valence-corrected chi connectivity index (χ4v) is 4.41. The first-order chi connectivity index (χ1) is 16.7. The smallest absolute Gasteiger partial charge is 0.162 e. The lowest BCUT2D eigenvalue weighted by atomic mass is 10.1. The summed E-state index contributed by atoms with van der Waals surface area (Å²) in [5, 5.41) is 15.3. The fourth-order valence-electron chi connectivity index (χ4n) is 3.79. The summed E-state index contributed by atoms with van der Waals surface area (Å²) in [6.07, 6.45) is 1.75. The highest BCUT2D eigenvalue weighted by Gasteiger charge is 2.17. The number of rotatable bonds is 7. The molecular formula is C25H23N5O3S. The summed E-state index contributed by atoms with van der Waals surface area (Å²) in [6.45, 7) is 3.29. The van der Waals surface area contributed by atoms with E-state index in [0.717, 1.165) is 29.5 Å². The van der Waals surface area contributed by atoms with Gasteiger partial charge in [0.05, 0.1) is 37.7 Å². The van der Waals surface area contributed by atoms with Crippen LogP contribution in [0, 0.1) is 11.3 Å². The standard InChI is InChI=1S/C25H23N5O3S/c1-31-23-13-17(4-7-22(23)33-16-18-3-2-12-34-18)28-20-5-6-21-25(19(20)14-26)29-24(15-27-21)30-8-10-32-11-9-30/h2-7,12-13,15,28H,8-11,16H2,1H3. The topological polar surface area (TPSA) is 92.5 Å². The Balaban J connectivity index is 1.41. The van der Waals surface area contributed by atoms with Crippen molar-refractivity contribution >= 4 is 39.6 Å². The number of methoxy groups -OCH3 is 1. The second kappa shape index (κ2) is 9.95. The summed E-state index contributed by atoms with van der Waals surface area (Å²) in [7, 11) is 1.61. The molecule has 0 aliphatic carbocycles. The van der Waals surface area contributed by atoms with E-state index in [9.17, 15) is 5.26 Å². The number of nitrogens with zero attached hydrogens (tertiary/aromatic N) is 4. The number of aromatic nitrogens is 2. The van der Waals surface area contributed by atoms with Gasteiger partial charge in [-0.1, -0.05) is 6.07 Å². The summed E-state index contributed by atoms with van der Waals surface area (Å²) in [6, 6.07) is 15.6. The number of hydrogen-bond donors (Lipinski definition) is 1. The van der Waals surface area contributed by atoms with E-state index in [1.807, 2.05) is 47.8 Å². The van der Waals surface area contributed by atoms with Crippen molar-refractivity contribution in [3.05, 3.63) is 64.5 Å². The molecule has 1 fully saturated rings. The second-order valence-electron chi connectivity index (χ2n) is 7.65. The van der Waals surface area contributed by atoms with Gasteiger partial charge in [0, 0.05) is 29.7 Å². The Kier molecular flexibility index (Phi) is 6.42. The molecular weight excluding hydrogens is 450 g/mol. The third-order valence-corrected chi connectivity index (χ3v) is 6.39. The van der Waals surface area contributed by atoms with Gasteiger partial charge in [-0.05, 0) is 35.7 Å². The fraction of sp³-hybridized carbons (Fsp3) is 0.240. The maximum Gasteiger partial charge on any atom is 0.162 e. The Morgan fingerprint density at radius 3 is 2.82 bits per heavy atom. The minimum atomic E-state index is 0.442. The molecule has 0 atom stereocenters. The van der Waals surface area contributed by atoms with E-state index in [2.05, 4.69) is 21.3 Å². The molecule has 2 aromatic carbocycles. The molecule has 3 heterocycles. The zero-order valence-corrected chi connectivity index (χ0v) is 19.5. The maximum absolute atomic E-state index is 9.97. The Hall–Kier alpha value is -3.87. The summed E-state index contributed by atoms with van der Waals surface area (Å²) >= 11 is 1.65. The molecule has 1 saturated heterocycles. The molecule has 2 aromatic heterocycles. The first kappa shape index (κ1) is 21.9. The molecule has 0 radical (unpaired) electrons. The van der Waals surface area contributed by atoms with Gasteiger partial charge in [0.15, 0.2) is 11.5 Å². The van der Waals surface area contributed by atoms with Gasteiger partial charge >= 0.3 is 0 Å². The van der Waals surface area contributed by atoms with Crippen molar-refractivity contribution in [1.29, 1.82) is 5.26 Å². The predicted molar refractivity (Wildman–Crippen MR) is 132 cm³/mol. The summed E-state index contributed by atoms with van der Waals surface area (Å²) in [5.41, 5.74) is 3.11. The summed E-state index contributed by atoms with van der Waals surface area (Å²) in [4.78, 5) is 12.6.